The highest BCUT2D eigenvalue weighted by atomic mass is 16.5. The molecule has 4 unspecified atom stereocenters. The fraction of sp³-hybridized carbons (Fsp3) is 1.00. The van der Waals surface area contributed by atoms with E-state index in [1.807, 2.05) is 6.92 Å². The van der Waals surface area contributed by atoms with Crippen LogP contribution >= 0.6 is 0 Å². The van der Waals surface area contributed by atoms with Crippen LogP contribution in [-0.4, -0.2) is 23.4 Å². The van der Waals surface area contributed by atoms with Gasteiger partial charge in [0.05, 0.1) is 11.7 Å². The molecule has 0 radical (unpaired) electrons. The van der Waals surface area contributed by atoms with E-state index in [0.717, 1.165) is 25.7 Å². The van der Waals surface area contributed by atoms with Crippen LogP contribution in [0.5, 0.6) is 0 Å². The molecule has 1 fully saturated rings. The van der Waals surface area contributed by atoms with Crippen LogP contribution in [0, 0.1) is 11.8 Å². The Hall–Kier alpha value is -0.0800. The number of ether oxygens (including phenoxy) is 1. The summed E-state index contributed by atoms with van der Waals surface area (Å²) < 4.78 is 6.00. The number of hydrogen-bond donors (Lipinski definition) is 1. The minimum atomic E-state index is -0.292. The Kier molecular flexibility index (Phi) is 5.94. The summed E-state index contributed by atoms with van der Waals surface area (Å²) in [7, 11) is 0. The molecule has 2 heteroatoms. The zero-order valence-corrected chi connectivity index (χ0v) is 12.0. The first-order chi connectivity index (χ1) is 8.04. The van der Waals surface area contributed by atoms with Crippen LogP contribution in [-0.2, 0) is 4.74 Å². The first kappa shape index (κ1) is 15.0. The van der Waals surface area contributed by atoms with E-state index in [9.17, 15) is 5.11 Å². The first-order valence-corrected chi connectivity index (χ1v) is 7.36. The number of hydrogen-bond acceptors (Lipinski definition) is 2. The summed E-state index contributed by atoms with van der Waals surface area (Å²) in [5.41, 5.74) is -0.254. The van der Waals surface area contributed by atoms with Crippen molar-refractivity contribution in [2.75, 3.05) is 6.61 Å². The van der Waals surface area contributed by atoms with E-state index in [1.54, 1.807) is 0 Å². The van der Waals surface area contributed by atoms with E-state index in [4.69, 9.17) is 4.74 Å². The van der Waals surface area contributed by atoms with Gasteiger partial charge in [0, 0.05) is 6.61 Å². The Morgan fingerprint density at radius 1 is 1.41 bits per heavy atom. The largest absolute Gasteiger partial charge is 0.390 e. The van der Waals surface area contributed by atoms with E-state index >= 15 is 0 Å². The summed E-state index contributed by atoms with van der Waals surface area (Å²) in [6.45, 7) is 9.44. The first-order valence-electron chi connectivity index (χ1n) is 7.36. The Morgan fingerprint density at radius 3 is 2.65 bits per heavy atom. The average molecular weight is 242 g/mol. The van der Waals surface area contributed by atoms with Gasteiger partial charge in [-0.1, -0.05) is 40.0 Å². The number of aliphatic hydroxyl groups is 1. The van der Waals surface area contributed by atoms with Crippen LogP contribution < -0.4 is 0 Å². The topological polar surface area (TPSA) is 29.5 Å². The van der Waals surface area contributed by atoms with Gasteiger partial charge in [-0.05, 0) is 38.0 Å². The molecule has 2 nitrogen and oxygen atoms in total. The van der Waals surface area contributed by atoms with E-state index in [2.05, 4.69) is 20.8 Å². The maximum atomic E-state index is 10.5. The number of rotatable bonds is 6. The van der Waals surface area contributed by atoms with Crippen molar-refractivity contribution in [1.29, 1.82) is 0 Å². The Morgan fingerprint density at radius 2 is 2.12 bits per heavy atom. The van der Waals surface area contributed by atoms with Gasteiger partial charge in [0.15, 0.2) is 0 Å². The highest BCUT2D eigenvalue weighted by molar-refractivity contribution is 4.93. The van der Waals surface area contributed by atoms with Crippen molar-refractivity contribution in [3.8, 4) is 0 Å². The molecular weight excluding hydrogens is 212 g/mol. The lowest BCUT2D eigenvalue weighted by molar-refractivity contribution is -0.152. The monoisotopic (exact) mass is 242 g/mol. The van der Waals surface area contributed by atoms with Gasteiger partial charge in [-0.15, -0.1) is 0 Å². The van der Waals surface area contributed by atoms with Gasteiger partial charge in [-0.3, -0.25) is 0 Å². The summed E-state index contributed by atoms with van der Waals surface area (Å²) >= 11 is 0. The van der Waals surface area contributed by atoms with E-state index in [1.165, 1.54) is 12.8 Å². The van der Waals surface area contributed by atoms with Crippen LogP contribution in [0.15, 0.2) is 0 Å². The standard InChI is InChI=1S/C15H30O2/c1-5-12(3)10-14(16)15(17-6-2)9-7-8-13(4)11-15/h12-14,16H,5-11H2,1-4H3. The fourth-order valence-electron chi connectivity index (χ4n) is 3.12. The number of aliphatic hydroxyl groups excluding tert-OH is 1. The molecule has 1 N–H and O–H groups in total. The summed E-state index contributed by atoms with van der Waals surface area (Å²) in [4.78, 5) is 0. The molecular formula is C15H30O2. The lowest BCUT2D eigenvalue weighted by Crippen LogP contribution is -2.48. The summed E-state index contributed by atoms with van der Waals surface area (Å²) in [6, 6.07) is 0. The van der Waals surface area contributed by atoms with Crippen molar-refractivity contribution in [3.63, 3.8) is 0 Å². The molecule has 0 aliphatic heterocycles. The molecule has 4 atom stereocenters. The second-order valence-electron chi connectivity index (χ2n) is 5.96. The third-order valence-electron chi connectivity index (χ3n) is 4.35. The SMILES string of the molecule is CCOC1(C(O)CC(C)CC)CCCC(C)C1. The molecule has 0 spiro atoms. The molecule has 1 aliphatic carbocycles. The van der Waals surface area contributed by atoms with Gasteiger partial charge in [0.1, 0.15) is 0 Å². The van der Waals surface area contributed by atoms with Crippen LogP contribution in [0.4, 0.5) is 0 Å². The van der Waals surface area contributed by atoms with Gasteiger partial charge < -0.3 is 9.84 Å². The van der Waals surface area contributed by atoms with Crippen LogP contribution in [0.2, 0.25) is 0 Å². The van der Waals surface area contributed by atoms with Gasteiger partial charge in [-0.25, -0.2) is 0 Å². The zero-order valence-electron chi connectivity index (χ0n) is 12.0. The van der Waals surface area contributed by atoms with Crippen LogP contribution in [0.1, 0.15) is 66.2 Å². The minimum absolute atomic E-state index is 0.254. The molecule has 1 saturated carbocycles. The van der Waals surface area contributed by atoms with Crippen molar-refractivity contribution >= 4 is 0 Å². The van der Waals surface area contributed by atoms with Crippen molar-refractivity contribution in [1.82, 2.24) is 0 Å². The molecule has 17 heavy (non-hydrogen) atoms. The van der Waals surface area contributed by atoms with Gasteiger partial charge in [0.2, 0.25) is 0 Å². The molecule has 1 rings (SSSR count). The maximum Gasteiger partial charge on any atom is 0.0942 e. The van der Waals surface area contributed by atoms with E-state index in [-0.39, 0.29) is 11.7 Å². The molecule has 0 aromatic rings. The molecule has 0 amide bonds. The van der Waals surface area contributed by atoms with Crippen LogP contribution in [0.3, 0.4) is 0 Å². The van der Waals surface area contributed by atoms with E-state index in [0.29, 0.717) is 18.4 Å². The van der Waals surface area contributed by atoms with Gasteiger partial charge >= 0.3 is 0 Å². The predicted molar refractivity (Wildman–Crippen MR) is 72.1 cm³/mol. The second kappa shape index (κ2) is 6.75. The average Bonchev–Trinajstić information content (AvgIpc) is 2.29. The fourth-order valence-corrected chi connectivity index (χ4v) is 3.12. The highest BCUT2D eigenvalue weighted by Crippen LogP contribution is 2.39. The molecule has 0 aromatic carbocycles. The van der Waals surface area contributed by atoms with Crippen molar-refractivity contribution in [3.05, 3.63) is 0 Å². The Bertz CT molecular complexity index is 213. The predicted octanol–water partition coefficient (Wildman–Crippen LogP) is 3.77. The molecule has 102 valence electrons. The Labute approximate surface area is 107 Å². The zero-order chi connectivity index (χ0) is 12.9. The molecule has 0 saturated heterocycles. The third kappa shape index (κ3) is 3.96. The Balaban J connectivity index is 2.68. The van der Waals surface area contributed by atoms with Gasteiger partial charge in [-0.2, -0.15) is 0 Å². The normalized spacial score (nSPS) is 33.4. The molecule has 0 aromatic heterocycles. The molecule has 1 aliphatic rings. The second-order valence-corrected chi connectivity index (χ2v) is 5.96. The summed E-state index contributed by atoms with van der Waals surface area (Å²) in [6.07, 6.45) is 6.25. The summed E-state index contributed by atoms with van der Waals surface area (Å²) in [5, 5.41) is 10.5. The van der Waals surface area contributed by atoms with Crippen LogP contribution in [0.25, 0.3) is 0 Å². The highest BCUT2D eigenvalue weighted by Gasteiger charge is 2.42. The van der Waals surface area contributed by atoms with Crippen molar-refractivity contribution in [2.24, 2.45) is 11.8 Å². The van der Waals surface area contributed by atoms with Crippen molar-refractivity contribution < 1.29 is 9.84 Å². The summed E-state index contributed by atoms with van der Waals surface area (Å²) in [5.74, 6) is 1.27. The molecule has 0 bridgehead atoms. The molecule has 0 heterocycles. The lowest BCUT2D eigenvalue weighted by Gasteiger charge is -2.43. The lowest BCUT2D eigenvalue weighted by atomic mass is 9.73. The minimum Gasteiger partial charge on any atom is -0.390 e. The van der Waals surface area contributed by atoms with E-state index < -0.39 is 0 Å². The van der Waals surface area contributed by atoms with Gasteiger partial charge in [0.25, 0.3) is 0 Å². The third-order valence-corrected chi connectivity index (χ3v) is 4.35. The smallest absolute Gasteiger partial charge is 0.0942 e. The quantitative estimate of drug-likeness (QED) is 0.768. The maximum absolute atomic E-state index is 10.5. The van der Waals surface area contributed by atoms with Crippen molar-refractivity contribution in [2.45, 2.75) is 77.9 Å².